The summed E-state index contributed by atoms with van der Waals surface area (Å²) >= 11 is 0. The molecule has 3 aromatic rings. The van der Waals surface area contributed by atoms with Crippen molar-refractivity contribution in [3.63, 3.8) is 0 Å². The third-order valence-corrected chi connectivity index (χ3v) is 2.83. The highest BCUT2D eigenvalue weighted by Crippen LogP contribution is 2.22. The number of hydrogen-bond acceptors (Lipinski definition) is 5. The molecule has 0 spiro atoms. The number of benzene rings is 1. The molecule has 3 rings (SSSR count). The number of aromatic carboxylic acids is 1. The van der Waals surface area contributed by atoms with Crippen LogP contribution < -0.4 is 0 Å². The van der Waals surface area contributed by atoms with Gasteiger partial charge in [-0.2, -0.15) is 4.98 Å². The van der Waals surface area contributed by atoms with Gasteiger partial charge in [0, 0.05) is 12.6 Å². The maximum absolute atomic E-state index is 10.9. The number of carboxylic acid groups (broad SMARTS) is 1. The highest BCUT2D eigenvalue weighted by atomic mass is 16.5. The van der Waals surface area contributed by atoms with E-state index in [0.29, 0.717) is 23.0 Å². The number of hydrogen-bond donors (Lipinski definition) is 1. The van der Waals surface area contributed by atoms with Crippen LogP contribution in [0.5, 0.6) is 0 Å². The van der Waals surface area contributed by atoms with Crippen LogP contribution in [-0.2, 0) is 7.05 Å². The maximum atomic E-state index is 10.9. The molecule has 0 atom stereocenters. The Bertz CT molecular complexity index is 775. The molecule has 0 saturated carbocycles. The predicted octanol–water partition coefficient (Wildman–Crippen LogP) is 1.84. The van der Waals surface area contributed by atoms with Crippen LogP contribution in [0.15, 0.2) is 41.3 Å². The summed E-state index contributed by atoms with van der Waals surface area (Å²) in [4.78, 5) is 19.2. The quantitative estimate of drug-likeness (QED) is 0.780. The number of rotatable bonds is 3. The maximum Gasteiger partial charge on any atom is 0.335 e. The fourth-order valence-corrected chi connectivity index (χ4v) is 1.80. The summed E-state index contributed by atoms with van der Waals surface area (Å²) < 4.78 is 6.93. The minimum absolute atomic E-state index is 0.175. The third kappa shape index (κ3) is 2.05. The van der Waals surface area contributed by atoms with Gasteiger partial charge in [0.1, 0.15) is 5.69 Å². The second-order valence-corrected chi connectivity index (χ2v) is 4.20. The third-order valence-electron chi connectivity index (χ3n) is 2.83. The largest absolute Gasteiger partial charge is 0.478 e. The Kier molecular flexibility index (Phi) is 2.79. The molecule has 7 heteroatoms. The second kappa shape index (κ2) is 4.61. The van der Waals surface area contributed by atoms with E-state index in [9.17, 15) is 4.79 Å². The molecule has 100 valence electrons. The van der Waals surface area contributed by atoms with Gasteiger partial charge < -0.3 is 14.2 Å². The molecule has 2 aromatic heterocycles. The van der Waals surface area contributed by atoms with Gasteiger partial charge >= 0.3 is 5.97 Å². The van der Waals surface area contributed by atoms with Gasteiger partial charge in [-0.05, 0) is 12.1 Å². The fourth-order valence-electron chi connectivity index (χ4n) is 1.80. The van der Waals surface area contributed by atoms with E-state index in [1.807, 2.05) is 7.05 Å². The van der Waals surface area contributed by atoms with Crippen LogP contribution in [0.25, 0.3) is 23.0 Å². The Labute approximate surface area is 113 Å². The zero-order valence-electron chi connectivity index (χ0n) is 10.5. The molecule has 0 aliphatic rings. The van der Waals surface area contributed by atoms with Crippen LogP contribution in [0.1, 0.15) is 10.4 Å². The summed E-state index contributed by atoms with van der Waals surface area (Å²) in [6.07, 6.45) is 3.25. The lowest BCUT2D eigenvalue weighted by Crippen LogP contribution is -1.96. The van der Waals surface area contributed by atoms with Crippen molar-refractivity contribution >= 4 is 5.97 Å². The van der Waals surface area contributed by atoms with E-state index in [4.69, 9.17) is 9.63 Å². The molecular formula is C13H10N4O3. The molecule has 0 bridgehead atoms. The minimum atomic E-state index is -0.998. The van der Waals surface area contributed by atoms with Gasteiger partial charge in [0.15, 0.2) is 0 Å². The first-order chi connectivity index (χ1) is 9.65. The van der Waals surface area contributed by atoms with E-state index in [2.05, 4.69) is 15.1 Å². The molecule has 7 nitrogen and oxygen atoms in total. The highest BCUT2D eigenvalue weighted by molar-refractivity contribution is 5.89. The van der Waals surface area contributed by atoms with Gasteiger partial charge in [0.2, 0.25) is 5.82 Å². The summed E-state index contributed by atoms with van der Waals surface area (Å²) in [5.74, 6) is -0.327. The fraction of sp³-hybridized carbons (Fsp3) is 0.0769. The van der Waals surface area contributed by atoms with Crippen LogP contribution in [0.4, 0.5) is 0 Å². The molecule has 0 fully saturated rings. The summed E-state index contributed by atoms with van der Waals surface area (Å²) in [5, 5.41) is 12.8. The van der Waals surface area contributed by atoms with Crippen molar-refractivity contribution in [2.45, 2.75) is 0 Å². The Balaban J connectivity index is 2.00. The Hall–Kier alpha value is -2.96. The van der Waals surface area contributed by atoms with Gasteiger partial charge in [-0.25, -0.2) is 9.78 Å². The Morgan fingerprint density at radius 1 is 1.40 bits per heavy atom. The van der Waals surface area contributed by atoms with Crippen LogP contribution in [-0.4, -0.2) is 30.8 Å². The molecule has 0 radical (unpaired) electrons. The van der Waals surface area contributed by atoms with Gasteiger partial charge in [0.05, 0.1) is 18.1 Å². The van der Waals surface area contributed by atoms with Crippen molar-refractivity contribution in [2.75, 3.05) is 0 Å². The molecule has 1 N–H and O–H groups in total. The van der Waals surface area contributed by atoms with E-state index >= 15 is 0 Å². The average Bonchev–Trinajstić information content (AvgIpc) is 3.07. The SMILES string of the molecule is Cn1cncc1-c1nc(-c2cccc(C(=O)O)c2)no1. The van der Waals surface area contributed by atoms with Crippen molar-refractivity contribution in [3.05, 3.63) is 42.4 Å². The van der Waals surface area contributed by atoms with Gasteiger partial charge in [-0.3, -0.25) is 0 Å². The van der Waals surface area contributed by atoms with E-state index < -0.39 is 5.97 Å². The van der Waals surface area contributed by atoms with Gasteiger partial charge in [0.25, 0.3) is 5.89 Å². The predicted molar refractivity (Wildman–Crippen MR) is 68.9 cm³/mol. The molecule has 0 saturated heterocycles. The zero-order chi connectivity index (χ0) is 14.1. The van der Waals surface area contributed by atoms with E-state index in [1.54, 1.807) is 29.2 Å². The Morgan fingerprint density at radius 2 is 2.25 bits per heavy atom. The molecule has 20 heavy (non-hydrogen) atoms. The first-order valence-electron chi connectivity index (χ1n) is 5.79. The topological polar surface area (TPSA) is 94.0 Å². The number of carboxylic acids is 1. The molecule has 0 amide bonds. The number of imidazole rings is 1. The van der Waals surface area contributed by atoms with Crippen LogP contribution >= 0.6 is 0 Å². The van der Waals surface area contributed by atoms with Crippen LogP contribution in [0.2, 0.25) is 0 Å². The molecule has 0 aliphatic heterocycles. The number of nitrogens with zero attached hydrogens (tertiary/aromatic N) is 4. The molecule has 0 aliphatic carbocycles. The van der Waals surface area contributed by atoms with E-state index in [1.165, 1.54) is 12.1 Å². The van der Waals surface area contributed by atoms with E-state index in [-0.39, 0.29) is 5.56 Å². The van der Waals surface area contributed by atoms with Crippen LogP contribution in [0, 0.1) is 0 Å². The monoisotopic (exact) mass is 270 g/mol. The lowest BCUT2D eigenvalue weighted by atomic mass is 10.1. The number of carbonyl (C=O) groups is 1. The lowest BCUT2D eigenvalue weighted by molar-refractivity contribution is 0.0697. The first kappa shape index (κ1) is 12.1. The van der Waals surface area contributed by atoms with Crippen molar-refractivity contribution in [1.82, 2.24) is 19.7 Å². The van der Waals surface area contributed by atoms with Crippen molar-refractivity contribution < 1.29 is 14.4 Å². The minimum Gasteiger partial charge on any atom is -0.478 e. The van der Waals surface area contributed by atoms with Crippen molar-refractivity contribution in [2.24, 2.45) is 7.05 Å². The molecule has 0 unspecified atom stereocenters. The van der Waals surface area contributed by atoms with Crippen LogP contribution in [0.3, 0.4) is 0 Å². The summed E-state index contributed by atoms with van der Waals surface area (Å²) in [7, 11) is 1.82. The Morgan fingerprint density at radius 3 is 2.95 bits per heavy atom. The van der Waals surface area contributed by atoms with E-state index in [0.717, 1.165) is 0 Å². The van der Waals surface area contributed by atoms with Gasteiger partial charge in [-0.15, -0.1) is 0 Å². The average molecular weight is 270 g/mol. The lowest BCUT2D eigenvalue weighted by Gasteiger charge is -1.96. The van der Waals surface area contributed by atoms with Crippen molar-refractivity contribution in [1.29, 1.82) is 0 Å². The smallest absolute Gasteiger partial charge is 0.335 e. The normalized spacial score (nSPS) is 10.7. The summed E-state index contributed by atoms with van der Waals surface area (Å²) in [6.45, 7) is 0. The number of aryl methyl sites for hydroxylation is 1. The van der Waals surface area contributed by atoms with Gasteiger partial charge in [-0.1, -0.05) is 17.3 Å². The molecular weight excluding hydrogens is 260 g/mol. The second-order valence-electron chi connectivity index (χ2n) is 4.20. The number of aromatic nitrogens is 4. The van der Waals surface area contributed by atoms with Crippen molar-refractivity contribution in [3.8, 4) is 23.0 Å². The zero-order valence-corrected chi connectivity index (χ0v) is 10.5. The standard InChI is InChI=1S/C13H10N4O3/c1-17-7-14-6-10(17)12-15-11(16-20-12)8-3-2-4-9(5-8)13(18)19/h2-7H,1H3,(H,18,19). The molecule has 1 aromatic carbocycles. The molecule has 2 heterocycles. The highest BCUT2D eigenvalue weighted by Gasteiger charge is 2.14. The summed E-state index contributed by atoms with van der Waals surface area (Å²) in [5.41, 5.74) is 1.45. The first-order valence-corrected chi connectivity index (χ1v) is 5.79. The summed E-state index contributed by atoms with van der Waals surface area (Å²) in [6, 6.07) is 6.37.